The van der Waals surface area contributed by atoms with Gasteiger partial charge < -0.3 is 10.2 Å². The molecule has 0 heterocycles. The largest absolute Gasteiger partial charge is 0.417 e. The van der Waals surface area contributed by atoms with E-state index in [1.54, 1.807) is 0 Å². The summed E-state index contributed by atoms with van der Waals surface area (Å²) in [6.07, 6.45) is -9.22. The highest BCUT2D eigenvalue weighted by atomic mass is 19.4. The van der Waals surface area contributed by atoms with Gasteiger partial charge in [0, 0.05) is 16.8 Å². The molecule has 0 saturated carbocycles. The van der Waals surface area contributed by atoms with E-state index >= 15 is 0 Å². The van der Waals surface area contributed by atoms with Crippen molar-refractivity contribution in [1.82, 2.24) is 10.2 Å². The molecule has 2 rings (SSSR count). The van der Waals surface area contributed by atoms with Gasteiger partial charge in [-0.2, -0.15) is 26.3 Å². The number of likely N-dealkylation sites (N-methyl/N-ethyl adjacent to an activating group) is 1. The third-order valence-electron chi connectivity index (χ3n) is 6.08. The first-order valence-corrected chi connectivity index (χ1v) is 10.1. The van der Waals surface area contributed by atoms with Gasteiger partial charge >= 0.3 is 12.4 Å². The Morgan fingerprint density at radius 1 is 1.00 bits per heavy atom. The van der Waals surface area contributed by atoms with Crippen LogP contribution in [0, 0.1) is 6.92 Å². The van der Waals surface area contributed by atoms with E-state index in [9.17, 15) is 26.3 Å². The van der Waals surface area contributed by atoms with Crippen molar-refractivity contribution in [2.24, 2.45) is 0 Å². The monoisotopic (exact) mass is 458 g/mol. The first kappa shape index (κ1) is 25.8. The maximum Gasteiger partial charge on any atom is 0.417 e. The topological polar surface area (TPSA) is 15.3 Å². The lowest BCUT2D eigenvalue weighted by Crippen LogP contribution is -2.50. The molecule has 0 amide bonds. The van der Waals surface area contributed by atoms with Crippen molar-refractivity contribution in [2.75, 3.05) is 14.1 Å². The van der Waals surface area contributed by atoms with Crippen molar-refractivity contribution in [3.63, 3.8) is 0 Å². The normalized spacial score (nSPS) is 15.4. The molecule has 32 heavy (non-hydrogen) atoms. The number of halogens is 6. The smallest absolute Gasteiger partial charge is 0.376 e. The lowest BCUT2D eigenvalue weighted by atomic mass is 9.82. The summed E-state index contributed by atoms with van der Waals surface area (Å²) >= 11 is 0. The van der Waals surface area contributed by atoms with Crippen LogP contribution in [0.15, 0.2) is 49.0 Å². The van der Waals surface area contributed by atoms with Crippen molar-refractivity contribution >= 4 is 5.70 Å². The summed E-state index contributed by atoms with van der Waals surface area (Å²) in [5, 5.41) is 3.12. The molecule has 0 aliphatic heterocycles. The summed E-state index contributed by atoms with van der Waals surface area (Å²) in [6.45, 7) is 8.98. The highest BCUT2D eigenvalue weighted by Gasteiger charge is 2.41. The molecule has 0 aromatic heterocycles. The zero-order chi connectivity index (χ0) is 24.5. The molecule has 1 N–H and O–H groups in total. The van der Waals surface area contributed by atoms with Crippen LogP contribution in [0.3, 0.4) is 0 Å². The van der Waals surface area contributed by atoms with Gasteiger partial charge in [0.15, 0.2) is 0 Å². The maximum absolute atomic E-state index is 13.8. The van der Waals surface area contributed by atoms with Crippen LogP contribution in [0.2, 0.25) is 0 Å². The van der Waals surface area contributed by atoms with Crippen LogP contribution in [0.1, 0.15) is 54.1 Å². The van der Waals surface area contributed by atoms with E-state index in [1.807, 2.05) is 63.2 Å². The summed E-state index contributed by atoms with van der Waals surface area (Å²) in [7, 11) is 3.74. The lowest BCUT2D eigenvalue weighted by Gasteiger charge is -2.44. The Labute approximate surface area is 184 Å². The second-order valence-corrected chi connectivity index (χ2v) is 8.28. The highest BCUT2D eigenvalue weighted by Crippen LogP contribution is 2.42. The molecule has 0 radical (unpaired) electrons. The van der Waals surface area contributed by atoms with E-state index in [0.29, 0.717) is 6.42 Å². The fourth-order valence-electron chi connectivity index (χ4n) is 3.84. The van der Waals surface area contributed by atoms with Crippen LogP contribution in [0.4, 0.5) is 26.3 Å². The number of nitrogens with one attached hydrogen (secondary N) is 1. The van der Waals surface area contributed by atoms with Gasteiger partial charge in [0.2, 0.25) is 0 Å². The van der Waals surface area contributed by atoms with Gasteiger partial charge in [-0.15, -0.1) is 0 Å². The van der Waals surface area contributed by atoms with Crippen LogP contribution in [0.5, 0.6) is 0 Å². The van der Waals surface area contributed by atoms with Gasteiger partial charge in [-0.1, -0.05) is 43.8 Å². The molecule has 0 bridgehead atoms. The van der Waals surface area contributed by atoms with Crippen molar-refractivity contribution < 1.29 is 26.3 Å². The molecular weight excluding hydrogens is 430 g/mol. The molecule has 2 unspecified atom stereocenters. The quantitative estimate of drug-likeness (QED) is 0.447. The predicted molar refractivity (Wildman–Crippen MR) is 115 cm³/mol. The molecule has 0 fully saturated rings. The SMILES string of the molecule is C=C(NC(c1ccccc1)C(C)(CC)N(C)C)c1c(C)cc(C(F)(F)F)cc1C(F)(F)F. The average Bonchev–Trinajstić information content (AvgIpc) is 2.69. The van der Waals surface area contributed by atoms with Gasteiger partial charge in [0.1, 0.15) is 0 Å². The van der Waals surface area contributed by atoms with Gasteiger partial charge in [0.25, 0.3) is 0 Å². The van der Waals surface area contributed by atoms with Gasteiger partial charge in [0.05, 0.1) is 17.2 Å². The van der Waals surface area contributed by atoms with Gasteiger partial charge in [-0.05, 0) is 57.6 Å². The van der Waals surface area contributed by atoms with Crippen molar-refractivity contribution in [1.29, 1.82) is 0 Å². The summed E-state index contributed by atoms with van der Waals surface area (Å²) < 4.78 is 80.9. The zero-order valence-corrected chi connectivity index (χ0v) is 18.7. The molecule has 2 aromatic carbocycles. The minimum atomic E-state index is -4.98. The number of hydrogen-bond donors (Lipinski definition) is 1. The van der Waals surface area contributed by atoms with E-state index in [1.165, 1.54) is 6.92 Å². The molecule has 0 saturated heterocycles. The summed E-state index contributed by atoms with van der Waals surface area (Å²) in [6, 6.07) is 9.58. The first-order chi connectivity index (χ1) is 14.6. The molecule has 2 aromatic rings. The Bertz CT molecular complexity index is 947. The van der Waals surface area contributed by atoms with Gasteiger partial charge in [-0.25, -0.2) is 0 Å². The Kier molecular flexibility index (Phi) is 7.39. The van der Waals surface area contributed by atoms with Crippen LogP contribution in [-0.4, -0.2) is 24.5 Å². The maximum atomic E-state index is 13.8. The Balaban J connectivity index is 2.64. The minimum absolute atomic E-state index is 0.0843. The van der Waals surface area contributed by atoms with Crippen molar-refractivity contribution in [3.8, 4) is 0 Å². The number of rotatable bonds is 7. The van der Waals surface area contributed by atoms with Crippen LogP contribution in [0.25, 0.3) is 5.70 Å². The molecular formula is C24H28F6N2. The summed E-state index contributed by atoms with van der Waals surface area (Å²) in [4.78, 5) is 1.97. The standard InChI is InChI=1S/C24H28F6N2/c1-7-22(4,32(5)6)21(17-11-9-8-10-12-17)31-16(3)20-15(2)13-18(23(25,26)27)14-19(20)24(28,29)30/h8-14,21,31H,3,7H2,1-2,4-6H3. The predicted octanol–water partition coefficient (Wildman–Crippen LogP) is 7.06. The van der Waals surface area contributed by atoms with Crippen LogP contribution >= 0.6 is 0 Å². The van der Waals surface area contributed by atoms with Crippen LogP contribution < -0.4 is 5.32 Å². The van der Waals surface area contributed by atoms with Crippen LogP contribution in [-0.2, 0) is 12.4 Å². The van der Waals surface area contributed by atoms with Crippen molar-refractivity contribution in [3.05, 3.63) is 76.9 Å². The molecule has 0 aliphatic carbocycles. The number of alkyl halides is 6. The Morgan fingerprint density at radius 2 is 1.56 bits per heavy atom. The van der Waals surface area contributed by atoms with Gasteiger partial charge in [-0.3, -0.25) is 0 Å². The average molecular weight is 458 g/mol. The molecule has 0 spiro atoms. The highest BCUT2D eigenvalue weighted by molar-refractivity contribution is 5.69. The third kappa shape index (κ3) is 5.28. The Hall–Kier alpha value is -2.48. The van der Waals surface area contributed by atoms with E-state index in [-0.39, 0.29) is 22.9 Å². The van der Waals surface area contributed by atoms with Crippen molar-refractivity contribution in [2.45, 2.75) is 51.1 Å². The Morgan fingerprint density at radius 3 is 2.00 bits per heavy atom. The van der Waals surface area contributed by atoms with E-state index in [0.717, 1.165) is 11.6 Å². The number of benzene rings is 2. The third-order valence-corrected chi connectivity index (χ3v) is 6.08. The first-order valence-electron chi connectivity index (χ1n) is 10.1. The zero-order valence-electron chi connectivity index (χ0n) is 18.7. The molecule has 2 atom stereocenters. The molecule has 0 aliphatic rings. The molecule has 8 heteroatoms. The second-order valence-electron chi connectivity index (χ2n) is 8.28. The fourth-order valence-corrected chi connectivity index (χ4v) is 3.84. The second kappa shape index (κ2) is 9.17. The van der Waals surface area contributed by atoms with E-state index in [4.69, 9.17) is 0 Å². The number of hydrogen-bond acceptors (Lipinski definition) is 2. The van der Waals surface area contributed by atoms with E-state index in [2.05, 4.69) is 11.9 Å². The number of aryl methyl sites for hydroxylation is 1. The summed E-state index contributed by atoms with van der Waals surface area (Å²) in [5.74, 6) is 0. The van der Waals surface area contributed by atoms with E-state index < -0.39 is 35.1 Å². The molecule has 176 valence electrons. The number of nitrogens with zero attached hydrogens (tertiary/aromatic N) is 1. The minimum Gasteiger partial charge on any atom is -0.376 e. The fraction of sp³-hybridized carbons (Fsp3) is 0.417. The summed E-state index contributed by atoms with van der Waals surface area (Å²) in [5.41, 5.74) is -3.02. The molecule has 2 nitrogen and oxygen atoms in total. The lowest BCUT2D eigenvalue weighted by molar-refractivity contribution is -0.143.